The summed E-state index contributed by atoms with van der Waals surface area (Å²) in [4.78, 5) is 28.0. The smallest absolute Gasteiger partial charge is 0.257 e. The second kappa shape index (κ2) is 7.76. The highest BCUT2D eigenvalue weighted by Crippen LogP contribution is 2.28. The van der Waals surface area contributed by atoms with E-state index in [-0.39, 0.29) is 11.8 Å². The minimum atomic E-state index is -0.965. The zero-order valence-corrected chi connectivity index (χ0v) is 15.9. The second-order valence-corrected chi connectivity index (χ2v) is 8.22. The molecule has 6 nitrogen and oxygen atoms in total. The van der Waals surface area contributed by atoms with Gasteiger partial charge in [0, 0.05) is 41.0 Å². The van der Waals surface area contributed by atoms with Gasteiger partial charge in [0.2, 0.25) is 5.91 Å². The number of fused-ring (bicyclic) bond motifs is 1. The van der Waals surface area contributed by atoms with Gasteiger partial charge >= 0.3 is 0 Å². The maximum Gasteiger partial charge on any atom is 0.257 e. The Kier molecular flexibility index (Phi) is 5.43. The van der Waals surface area contributed by atoms with Crippen molar-refractivity contribution >= 4 is 55.0 Å². The van der Waals surface area contributed by atoms with Crippen LogP contribution in [0.4, 0.5) is 10.8 Å². The second-order valence-electron chi connectivity index (χ2n) is 5.75. The van der Waals surface area contributed by atoms with Crippen molar-refractivity contribution in [2.45, 2.75) is 12.7 Å². The lowest BCUT2D eigenvalue weighted by atomic mass is 10.1. The summed E-state index contributed by atoms with van der Waals surface area (Å²) in [5.74, 6) is -0.000994. The molecule has 0 radical (unpaired) electrons. The first-order valence-electron chi connectivity index (χ1n) is 7.79. The Labute approximate surface area is 157 Å². The van der Waals surface area contributed by atoms with Gasteiger partial charge in [-0.1, -0.05) is 23.5 Å². The molecule has 0 aliphatic rings. The number of carbonyl (C=O) groups excluding carboxylic acids is 2. The molecule has 0 saturated heterocycles. The van der Waals surface area contributed by atoms with Crippen LogP contribution < -0.4 is 10.6 Å². The molecule has 0 saturated carbocycles. The van der Waals surface area contributed by atoms with E-state index in [2.05, 4.69) is 15.6 Å². The maximum absolute atomic E-state index is 12.5. The lowest BCUT2D eigenvalue weighted by Crippen LogP contribution is -2.12. The number of amides is 2. The average molecular weight is 387 g/mol. The van der Waals surface area contributed by atoms with E-state index in [0.29, 0.717) is 22.1 Å². The van der Waals surface area contributed by atoms with Crippen molar-refractivity contribution in [3.63, 3.8) is 0 Å². The molecule has 2 aromatic carbocycles. The van der Waals surface area contributed by atoms with E-state index < -0.39 is 10.8 Å². The van der Waals surface area contributed by atoms with Crippen molar-refractivity contribution in [1.82, 2.24) is 4.98 Å². The van der Waals surface area contributed by atoms with Gasteiger partial charge in [0.15, 0.2) is 5.13 Å². The van der Waals surface area contributed by atoms with Crippen molar-refractivity contribution in [2.24, 2.45) is 0 Å². The zero-order valence-electron chi connectivity index (χ0n) is 14.2. The lowest BCUT2D eigenvalue weighted by molar-refractivity contribution is -0.114. The number of anilines is 2. The highest BCUT2D eigenvalue weighted by Gasteiger charge is 2.11. The van der Waals surface area contributed by atoms with Crippen LogP contribution in [0, 0.1) is 0 Å². The third-order valence-electron chi connectivity index (χ3n) is 3.49. The predicted molar refractivity (Wildman–Crippen MR) is 106 cm³/mol. The van der Waals surface area contributed by atoms with Gasteiger partial charge in [0.25, 0.3) is 5.91 Å². The number of thiazole rings is 1. The summed E-state index contributed by atoms with van der Waals surface area (Å²) in [5, 5.41) is 6.00. The minimum Gasteiger partial charge on any atom is -0.326 e. The molecular weight excluding hydrogens is 370 g/mol. The molecule has 134 valence electrons. The number of carbonyl (C=O) groups is 2. The summed E-state index contributed by atoms with van der Waals surface area (Å²) in [6.45, 7) is 1.45. The van der Waals surface area contributed by atoms with Crippen molar-refractivity contribution in [2.75, 3.05) is 16.9 Å². The van der Waals surface area contributed by atoms with Gasteiger partial charge in [-0.2, -0.15) is 0 Å². The van der Waals surface area contributed by atoms with E-state index in [1.165, 1.54) is 18.3 Å². The zero-order chi connectivity index (χ0) is 18.7. The largest absolute Gasteiger partial charge is 0.326 e. The Hall–Kier alpha value is -2.58. The summed E-state index contributed by atoms with van der Waals surface area (Å²) < 4.78 is 12.2. The Morgan fingerprint density at radius 3 is 2.69 bits per heavy atom. The van der Waals surface area contributed by atoms with Crippen LogP contribution in [0.1, 0.15) is 22.8 Å². The Morgan fingerprint density at radius 1 is 1.15 bits per heavy atom. The quantitative estimate of drug-likeness (QED) is 0.702. The molecule has 8 heteroatoms. The van der Waals surface area contributed by atoms with E-state index in [4.69, 9.17) is 0 Å². The fourth-order valence-electron chi connectivity index (χ4n) is 2.47. The van der Waals surface area contributed by atoms with Gasteiger partial charge in [-0.15, -0.1) is 0 Å². The number of nitrogens with one attached hydrogen (secondary N) is 2. The summed E-state index contributed by atoms with van der Waals surface area (Å²) in [5.41, 5.74) is 2.77. The van der Waals surface area contributed by atoms with E-state index in [1.54, 1.807) is 36.6 Å². The Balaban J connectivity index is 1.78. The first-order valence-corrected chi connectivity index (χ1v) is 10.3. The van der Waals surface area contributed by atoms with E-state index >= 15 is 0 Å². The number of rotatable bonds is 5. The molecule has 1 unspecified atom stereocenters. The molecule has 0 bridgehead atoms. The topological polar surface area (TPSA) is 88.2 Å². The van der Waals surface area contributed by atoms with Crippen LogP contribution in [-0.4, -0.2) is 27.3 Å². The Bertz CT molecular complexity index is 1010. The maximum atomic E-state index is 12.5. The van der Waals surface area contributed by atoms with Gasteiger partial charge in [0.05, 0.1) is 10.2 Å². The number of aromatic nitrogens is 1. The van der Waals surface area contributed by atoms with E-state index in [0.717, 1.165) is 15.8 Å². The van der Waals surface area contributed by atoms with Crippen LogP contribution in [0.15, 0.2) is 42.5 Å². The molecule has 1 aromatic heterocycles. The minimum absolute atomic E-state index is 0.143. The van der Waals surface area contributed by atoms with Crippen LogP contribution in [0.2, 0.25) is 0 Å². The normalized spacial score (nSPS) is 11.9. The molecule has 0 aliphatic heterocycles. The van der Waals surface area contributed by atoms with Crippen molar-refractivity contribution < 1.29 is 13.8 Å². The fourth-order valence-corrected chi connectivity index (χ4v) is 4.01. The van der Waals surface area contributed by atoms with Gasteiger partial charge in [-0.05, 0) is 35.9 Å². The summed E-state index contributed by atoms with van der Waals surface area (Å²) >= 11 is 1.33. The third kappa shape index (κ3) is 4.53. The van der Waals surface area contributed by atoms with E-state index in [9.17, 15) is 13.8 Å². The first kappa shape index (κ1) is 18.2. The molecule has 0 spiro atoms. The average Bonchev–Trinajstić information content (AvgIpc) is 2.95. The number of benzene rings is 2. The van der Waals surface area contributed by atoms with Crippen molar-refractivity contribution in [1.29, 1.82) is 0 Å². The van der Waals surface area contributed by atoms with Crippen LogP contribution in [0.5, 0.6) is 0 Å². The molecule has 1 atom stereocenters. The number of hydrogen-bond acceptors (Lipinski definition) is 5. The molecule has 26 heavy (non-hydrogen) atoms. The first-order chi connectivity index (χ1) is 12.4. The molecule has 3 rings (SSSR count). The number of nitrogens with zero attached hydrogens (tertiary/aromatic N) is 1. The molecule has 2 N–H and O–H groups in total. The van der Waals surface area contributed by atoms with Gasteiger partial charge < -0.3 is 5.32 Å². The van der Waals surface area contributed by atoms with Crippen LogP contribution >= 0.6 is 11.3 Å². The highest BCUT2D eigenvalue weighted by molar-refractivity contribution is 7.83. The van der Waals surface area contributed by atoms with Gasteiger partial charge in [0.1, 0.15) is 0 Å². The SMILES string of the molecule is CC(=O)Nc1ccc2nc(NC(=O)c3cccc(CS(C)=O)c3)sc2c1. The fraction of sp³-hybridized carbons (Fsp3) is 0.167. The predicted octanol–water partition coefficient (Wildman–Crippen LogP) is 3.39. The van der Waals surface area contributed by atoms with Crippen LogP contribution in [-0.2, 0) is 21.3 Å². The lowest BCUT2D eigenvalue weighted by Gasteiger charge is -2.04. The molecule has 1 heterocycles. The van der Waals surface area contributed by atoms with E-state index in [1.807, 2.05) is 12.1 Å². The molecule has 2 amide bonds. The van der Waals surface area contributed by atoms with Gasteiger partial charge in [-0.3, -0.25) is 19.1 Å². The third-order valence-corrected chi connectivity index (χ3v) is 5.16. The molecular formula is C18H17N3O3S2. The van der Waals surface area contributed by atoms with Crippen molar-refractivity contribution in [3.8, 4) is 0 Å². The number of hydrogen-bond donors (Lipinski definition) is 2. The molecule has 0 aliphatic carbocycles. The highest BCUT2D eigenvalue weighted by atomic mass is 32.2. The monoisotopic (exact) mass is 387 g/mol. The summed E-state index contributed by atoms with van der Waals surface area (Å²) in [7, 11) is -0.965. The standard InChI is InChI=1S/C18H17N3O3S2/c1-11(22)19-14-6-7-15-16(9-14)25-18(20-15)21-17(23)13-5-3-4-12(8-13)10-26(2)24/h3-9H,10H2,1-2H3,(H,19,22)(H,20,21,23). The molecule has 3 aromatic rings. The Morgan fingerprint density at radius 2 is 1.96 bits per heavy atom. The molecule has 0 fully saturated rings. The summed E-state index contributed by atoms with van der Waals surface area (Å²) in [6.07, 6.45) is 1.63. The van der Waals surface area contributed by atoms with Gasteiger partial charge in [-0.25, -0.2) is 4.98 Å². The van der Waals surface area contributed by atoms with Crippen LogP contribution in [0.25, 0.3) is 10.2 Å². The van der Waals surface area contributed by atoms with Crippen molar-refractivity contribution in [3.05, 3.63) is 53.6 Å². The summed E-state index contributed by atoms with van der Waals surface area (Å²) in [6, 6.07) is 12.4. The van der Waals surface area contributed by atoms with Crippen LogP contribution in [0.3, 0.4) is 0 Å².